The van der Waals surface area contributed by atoms with Crippen LogP contribution >= 0.6 is 11.8 Å². The third kappa shape index (κ3) is 10.2. The first-order valence-electron chi connectivity index (χ1n) is 2.65. The van der Waals surface area contributed by atoms with E-state index in [1.165, 1.54) is 0 Å². The summed E-state index contributed by atoms with van der Waals surface area (Å²) in [4.78, 5) is 10.1. The summed E-state index contributed by atoms with van der Waals surface area (Å²) in [6.07, 6.45) is 2.48. The van der Waals surface area contributed by atoms with Crippen LogP contribution in [0, 0.1) is 0 Å². The number of rotatable bonds is 4. The van der Waals surface area contributed by atoms with E-state index in [-0.39, 0.29) is 22.0 Å². The van der Waals surface area contributed by atoms with Crippen molar-refractivity contribution < 1.29 is 31.9 Å². The van der Waals surface area contributed by atoms with Crippen LogP contribution < -0.4 is 5.73 Å². The monoisotopic (exact) mass is 225 g/mol. The molecule has 5 N–H and O–H groups in total. The van der Waals surface area contributed by atoms with Crippen LogP contribution in [0.2, 0.25) is 0 Å². The number of carbonyl (C=O) groups is 1. The van der Waals surface area contributed by atoms with Crippen LogP contribution in [0.4, 0.5) is 0 Å². The largest absolute Gasteiger partial charge is 0.480 e. The van der Waals surface area contributed by atoms with Crippen molar-refractivity contribution in [3.63, 3.8) is 0 Å². The topological polar surface area (TPSA) is 94.8 Å². The fourth-order valence-corrected chi connectivity index (χ4v) is 0.858. The van der Waals surface area contributed by atoms with Crippen LogP contribution in [0.3, 0.4) is 0 Å². The normalized spacial score (nSPS) is 10.7. The molecular weight excluding hydrogens is 213 g/mol. The van der Waals surface area contributed by atoms with Gasteiger partial charge in [0.2, 0.25) is 0 Å². The van der Waals surface area contributed by atoms with Crippen LogP contribution in [-0.2, 0) is 21.3 Å². The Kier molecular flexibility index (Phi) is 16.1. The summed E-state index contributed by atoms with van der Waals surface area (Å²) in [5.74, 6) is -0.1000. The molecule has 0 saturated heterocycles. The quantitative estimate of drug-likeness (QED) is 0.621. The van der Waals surface area contributed by atoms with Gasteiger partial charge in [-0.2, -0.15) is 11.8 Å². The molecular formula is C5H13NNiO3S. The van der Waals surface area contributed by atoms with E-state index in [9.17, 15) is 4.79 Å². The molecule has 72 valence electrons. The Labute approximate surface area is 80.1 Å². The van der Waals surface area contributed by atoms with Crippen LogP contribution in [-0.4, -0.2) is 34.6 Å². The summed E-state index contributed by atoms with van der Waals surface area (Å²) in [5.41, 5.74) is 5.19. The molecule has 0 heterocycles. The van der Waals surface area contributed by atoms with E-state index in [1.54, 1.807) is 11.8 Å². The van der Waals surface area contributed by atoms with E-state index in [2.05, 4.69) is 0 Å². The predicted molar refractivity (Wildman–Crippen MR) is 42.2 cm³/mol. The molecule has 0 aliphatic heterocycles. The van der Waals surface area contributed by atoms with Gasteiger partial charge >= 0.3 is 5.97 Å². The molecule has 0 amide bonds. The first-order valence-corrected chi connectivity index (χ1v) is 4.05. The summed E-state index contributed by atoms with van der Waals surface area (Å²) in [7, 11) is 0. The first-order chi connectivity index (χ1) is 4.18. The fourth-order valence-electron chi connectivity index (χ4n) is 0.368. The Hall–Kier alpha value is 0.234. The van der Waals surface area contributed by atoms with Crippen molar-refractivity contribution in [1.29, 1.82) is 0 Å². The molecule has 0 spiro atoms. The number of hydrogen-bond acceptors (Lipinski definition) is 3. The molecule has 11 heavy (non-hydrogen) atoms. The smallest absolute Gasteiger partial charge is 0.320 e. The molecule has 0 aliphatic rings. The van der Waals surface area contributed by atoms with Crippen molar-refractivity contribution in [3.8, 4) is 0 Å². The summed E-state index contributed by atoms with van der Waals surface area (Å²) in [6.45, 7) is 0. The number of nitrogens with two attached hydrogens (primary N) is 1. The van der Waals surface area contributed by atoms with E-state index >= 15 is 0 Å². The number of aliphatic carboxylic acids is 1. The number of hydrogen-bond donors (Lipinski definition) is 2. The van der Waals surface area contributed by atoms with E-state index < -0.39 is 12.0 Å². The standard InChI is InChI=1S/C5H11NO2S.Ni.H2O/c1-9-3-2-4(6)5(7)8;;/h4H,2-3,6H2,1H3,(H,7,8);;1H2/t4-;;/m0../s1. The van der Waals surface area contributed by atoms with E-state index in [0.29, 0.717) is 6.42 Å². The summed E-state index contributed by atoms with van der Waals surface area (Å²) in [5, 5.41) is 8.27. The van der Waals surface area contributed by atoms with Crippen LogP contribution in [0.1, 0.15) is 6.42 Å². The van der Waals surface area contributed by atoms with Crippen molar-refractivity contribution in [3.05, 3.63) is 0 Å². The van der Waals surface area contributed by atoms with Crippen molar-refractivity contribution in [2.24, 2.45) is 5.73 Å². The Balaban J connectivity index is -0.000000320. The molecule has 6 heteroatoms. The molecule has 0 aromatic carbocycles. The van der Waals surface area contributed by atoms with Gasteiger partial charge in [-0.15, -0.1) is 0 Å². The van der Waals surface area contributed by atoms with Crippen molar-refractivity contribution in [2.45, 2.75) is 12.5 Å². The second-order valence-corrected chi connectivity index (χ2v) is 2.71. The van der Waals surface area contributed by atoms with Gasteiger partial charge in [0, 0.05) is 16.5 Å². The minimum absolute atomic E-state index is 0. The molecule has 0 aromatic heterocycles. The van der Waals surface area contributed by atoms with Crippen molar-refractivity contribution in [1.82, 2.24) is 0 Å². The molecule has 0 bridgehead atoms. The minimum Gasteiger partial charge on any atom is -0.480 e. The average molecular weight is 226 g/mol. The third-order valence-corrected chi connectivity index (χ3v) is 1.59. The van der Waals surface area contributed by atoms with Crippen molar-refractivity contribution >= 4 is 17.7 Å². The molecule has 1 atom stereocenters. The minimum atomic E-state index is -0.913. The summed E-state index contributed by atoms with van der Waals surface area (Å²) >= 11 is 1.60. The molecule has 0 aliphatic carbocycles. The maximum atomic E-state index is 10.1. The van der Waals surface area contributed by atoms with Gasteiger partial charge < -0.3 is 16.3 Å². The van der Waals surface area contributed by atoms with Crippen LogP contribution in [0.25, 0.3) is 0 Å². The Bertz CT molecular complexity index is 104. The average Bonchev–Trinajstić information content (AvgIpc) is 1.82. The first kappa shape index (κ1) is 17.4. The van der Waals surface area contributed by atoms with Gasteiger partial charge in [-0.1, -0.05) is 0 Å². The maximum absolute atomic E-state index is 10.1. The van der Waals surface area contributed by atoms with Gasteiger partial charge in [0.15, 0.2) is 0 Å². The predicted octanol–water partition coefficient (Wildman–Crippen LogP) is -0.676. The van der Waals surface area contributed by atoms with E-state index in [1.807, 2.05) is 6.26 Å². The zero-order valence-corrected chi connectivity index (χ0v) is 7.95. The second kappa shape index (κ2) is 10.2. The number of carboxylic acids is 1. The molecule has 0 rings (SSSR count). The van der Waals surface area contributed by atoms with Crippen LogP contribution in [0.5, 0.6) is 0 Å². The van der Waals surface area contributed by atoms with Gasteiger partial charge in [0.1, 0.15) is 6.04 Å². The molecule has 4 nitrogen and oxygen atoms in total. The van der Waals surface area contributed by atoms with E-state index in [0.717, 1.165) is 5.75 Å². The summed E-state index contributed by atoms with van der Waals surface area (Å²) in [6, 6.07) is -0.683. The molecule has 0 unspecified atom stereocenters. The van der Waals surface area contributed by atoms with Gasteiger partial charge in [0.25, 0.3) is 0 Å². The zero-order chi connectivity index (χ0) is 7.28. The molecule has 0 fully saturated rings. The Morgan fingerprint density at radius 2 is 2.18 bits per heavy atom. The van der Waals surface area contributed by atoms with E-state index in [4.69, 9.17) is 10.8 Å². The maximum Gasteiger partial charge on any atom is 0.320 e. The molecule has 0 radical (unpaired) electrons. The number of carboxylic acid groups (broad SMARTS) is 1. The third-order valence-electron chi connectivity index (χ3n) is 0.950. The second-order valence-electron chi connectivity index (χ2n) is 1.73. The van der Waals surface area contributed by atoms with Gasteiger partial charge in [-0.3, -0.25) is 4.79 Å². The summed E-state index contributed by atoms with van der Waals surface area (Å²) < 4.78 is 0. The molecule has 0 aromatic rings. The fraction of sp³-hybridized carbons (Fsp3) is 0.800. The van der Waals surface area contributed by atoms with Gasteiger partial charge in [-0.25, -0.2) is 0 Å². The molecule has 0 saturated carbocycles. The SMILES string of the molecule is CSCC[C@H](N)C(=O)O.O.[Ni]. The van der Waals surface area contributed by atoms with Gasteiger partial charge in [-0.05, 0) is 18.4 Å². The zero-order valence-electron chi connectivity index (χ0n) is 6.15. The number of thioether (sulfide) groups is 1. The van der Waals surface area contributed by atoms with Crippen LogP contribution in [0.15, 0.2) is 0 Å². The van der Waals surface area contributed by atoms with Gasteiger partial charge in [0.05, 0.1) is 0 Å². The Morgan fingerprint density at radius 3 is 2.45 bits per heavy atom. The Morgan fingerprint density at radius 1 is 1.73 bits per heavy atom. The van der Waals surface area contributed by atoms with Crippen molar-refractivity contribution in [2.75, 3.05) is 12.0 Å².